The molecule has 0 spiro atoms. The number of nitrogens with one attached hydrogen (secondary N) is 1. The average Bonchev–Trinajstić information content (AvgIpc) is 3.41. The van der Waals surface area contributed by atoms with Gasteiger partial charge in [0.1, 0.15) is 0 Å². The van der Waals surface area contributed by atoms with Gasteiger partial charge in [-0.1, -0.05) is 6.92 Å². The van der Waals surface area contributed by atoms with E-state index in [0.29, 0.717) is 13.0 Å². The van der Waals surface area contributed by atoms with Crippen LogP contribution in [0, 0.1) is 5.92 Å². The number of likely N-dealkylation sites (N-methyl/N-ethyl adjacent to an activating group) is 1. The molecule has 1 N–H and O–H groups in total. The maximum Gasteiger partial charge on any atom is 0.460 e. The summed E-state index contributed by atoms with van der Waals surface area (Å²) in [6.07, 6.45) is -7.74. The third-order valence-electron chi connectivity index (χ3n) is 7.96. The van der Waals surface area contributed by atoms with Crippen molar-refractivity contribution in [3.05, 3.63) is 0 Å². The third kappa shape index (κ3) is 6.16. The minimum absolute atomic E-state index is 0.0778. The van der Waals surface area contributed by atoms with E-state index >= 15 is 0 Å². The van der Waals surface area contributed by atoms with E-state index in [1.54, 1.807) is 0 Å². The summed E-state index contributed by atoms with van der Waals surface area (Å²) in [4.78, 5) is 26.1. The van der Waals surface area contributed by atoms with Crippen molar-refractivity contribution in [3.8, 4) is 0 Å². The standard InChI is InChI=1S/C23H24F19N3O2/c1-2-44-7-3-4-12(44)10-43-13(46)11-5-8-45(9-6-11)14(47)15(24,25)16(26,27)17(28,29)18(30,31)19(32,33)20(34,35)21(36,37)22(38,39)23(40,41)42/h11-12H,2-10H2,1H3,(H,43,46). The number of alkyl halides is 19. The predicted molar refractivity (Wildman–Crippen MR) is 118 cm³/mol. The fourth-order valence-corrected chi connectivity index (χ4v) is 4.94. The molecule has 0 bridgehead atoms. The van der Waals surface area contributed by atoms with E-state index in [1.807, 2.05) is 11.8 Å². The molecule has 2 heterocycles. The Labute approximate surface area is 251 Å². The first-order valence-corrected chi connectivity index (χ1v) is 13.2. The van der Waals surface area contributed by atoms with Crippen LogP contribution in [0.15, 0.2) is 0 Å². The molecular weight excluding hydrogens is 711 g/mol. The van der Waals surface area contributed by atoms with Gasteiger partial charge in [0.2, 0.25) is 5.91 Å². The lowest BCUT2D eigenvalue weighted by atomic mass is 9.87. The van der Waals surface area contributed by atoms with Crippen LogP contribution in [0.1, 0.15) is 32.6 Å². The lowest BCUT2D eigenvalue weighted by Crippen LogP contribution is -2.76. The Bertz CT molecular complexity index is 1150. The van der Waals surface area contributed by atoms with Gasteiger partial charge in [-0.3, -0.25) is 14.5 Å². The molecule has 1 atom stereocenters. The van der Waals surface area contributed by atoms with Crippen molar-refractivity contribution in [2.45, 2.75) is 92.2 Å². The molecule has 0 radical (unpaired) electrons. The highest BCUT2D eigenvalue weighted by Gasteiger charge is 2.97. The Morgan fingerprint density at radius 3 is 1.40 bits per heavy atom. The molecule has 0 saturated carbocycles. The summed E-state index contributed by atoms with van der Waals surface area (Å²) in [5.74, 6) is -73.8. The first-order chi connectivity index (χ1) is 20.8. The van der Waals surface area contributed by atoms with E-state index in [9.17, 15) is 93.0 Å². The van der Waals surface area contributed by atoms with Gasteiger partial charge < -0.3 is 10.2 Å². The second kappa shape index (κ2) is 12.5. The molecule has 2 saturated heterocycles. The van der Waals surface area contributed by atoms with Crippen molar-refractivity contribution in [1.29, 1.82) is 0 Å². The predicted octanol–water partition coefficient (Wildman–Crippen LogP) is 6.47. The van der Waals surface area contributed by atoms with Crippen LogP contribution in [0.2, 0.25) is 0 Å². The van der Waals surface area contributed by atoms with Crippen LogP contribution < -0.4 is 5.32 Å². The highest BCUT2D eigenvalue weighted by atomic mass is 19.4. The number of likely N-dealkylation sites (tertiary alicyclic amines) is 2. The average molecular weight is 735 g/mol. The molecule has 2 rings (SSSR count). The summed E-state index contributed by atoms with van der Waals surface area (Å²) < 4.78 is 257. The summed E-state index contributed by atoms with van der Waals surface area (Å²) >= 11 is 0. The molecule has 0 aromatic rings. The summed E-state index contributed by atoms with van der Waals surface area (Å²) in [5, 5.41) is 2.52. The van der Waals surface area contributed by atoms with Crippen molar-refractivity contribution in [2.24, 2.45) is 5.92 Å². The number of hydrogen-bond donors (Lipinski definition) is 1. The highest BCUT2D eigenvalue weighted by Crippen LogP contribution is 2.65. The first kappa shape index (κ1) is 40.7. The zero-order valence-electron chi connectivity index (χ0n) is 23.4. The van der Waals surface area contributed by atoms with Gasteiger partial charge >= 0.3 is 53.6 Å². The summed E-state index contributed by atoms with van der Waals surface area (Å²) in [6.45, 7) is 1.00. The number of rotatable bonds is 12. The fraction of sp³-hybridized carbons (Fsp3) is 0.913. The zero-order chi connectivity index (χ0) is 37.0. The summed E-state index contributed by atoms with van der Waals surface area (Å²) in [5.41, 5.74) is 0. The molecule has 5 nitrogen and oxygen atoms in total. The van der Waals surface area contributed by atoms with Gasteiger partial charge in [-0.2, -0.15) is 83.4 Å². The molecule has 2 aliphatic rings. The number of halogens is 19. The number of nitrogens with zero attached hydrogens (tertiary/aromatic N) is 2. The van der Waals surface area contributed by atoms with Crippen molar-refractivity contribution in [2.75, 3.05) is 32.7 Å². The van der Waals surface area contributed by atoms with Crippen LogP contribution in [0.25, 0.3) is 0 Å². The Balaban J connectivity index is 2.29. The van der Waals surface area contributed by atoms with E-state index in [4.69, 9.17) is 0 Å². The van der Waals surface area contributed by atoms with Crippen LogP contribution in [0.4, 0.5) is 83.4 Å². The van der Waals surface area contributed by atoms with Crippen LogP contribution in [0.3, 0.4) is 0 Å². The lowest BCUT2D eigenvalue weighted by Gasteiger charge is -2.44. The topological polar surface area (TPSA) is 52.7 Å². The summed E-state index contributed by atoms with van der Waals surface area (Å²) in [7, 11) is 0. The normalized spacial score (nSPS) is 20.9. The van der Waals surface area contributed by atoms with E-state index in [2.05, 4.69) is 5.32 Å². The Morgan fingerprint density at radius 2 is 1.00 bits per heavy atom. The molecule has 47 heavy (non-hydrogen) atoms. The number of amides is 2. The molecule has 0 aromatic heterocycles. The highest BCUT2D eigenvalue weighted by molar-refractivity contribution is 5.85. The van der Waals surface area contributed by atoms with Crippen LogP contribution in [-0.2, 0) is 9.59 Å². The second-order valence-electron chi connectivity index (χ2n) is 10.8. The molecule has 276 valence electrons. The van der Waals surface area contributed by atoms with Gasteiger partial charge in [0, 0.05) is 31.6 Å². The summed E-state index contributed by atoms with van der Waals surface area (Å²) in [6, 6.07) is -0.0778. The molecule has 0 aromatic carbocycles. The van der Waals surface area contributed by atoms with E-state index < -0.39 is 102 Å². The van der Waals surface area contributed by atoms with Gasteiger partial charge in [-0.05, 0) is 38.8 Å². The minimum Gasteiger partial charge on any atom is -0.354 e. The van der Waals surface area contributed by atoms with Gasteiger partial charge in [0.15, 0.2) is 0 Å². The van der Waals surface area contributed by atoms with Crippen molar-refractivity contribution >= 4 is 11.8 Å². The molecular formula is C23H24F19N3O2. The van der Waals surface area contributed by atoms with Gasteiger partial charge in [0.25, 0.3) is 5.91 Å². The maximum atomic E-state index is 14.4. The Hall–Kier alpha value is -2.43. The Kier molecular flexibility index (Phi) is 10.8. The smallest absolute Gasteiger partial charge is 0.354 e. The first-order valence-electron chi connectivity index (χ1n) is 13.2. The van der Waals surface area contributed by atoms with Crippen molar-refractivity contribution in [1.82, 2.24) is 15.1 Å². The molecule has 24 heteroatoms. The molecule has 0 aliphatic carbocycles. The zero-order valence-corrected chi connectivity index (χ0v) is 23.4. The van der Waals surface area contributed by atoms with Crippen molar-refractivity contribution < 1.29 is 93.0 Å². The van der Waals surface area contributed by atoms with Crippen molar-refractivity contribution in [3.63, 3.8) is 0 Å². The van der Waals surface area contributed by atoms with E-state index in [1.165, 1.54) is 0 Å². The monoisotopic (exact) mass is 735 g/mol. The molecule has 2 amide bonds. The van der Waals surface area contributed by atoms with Gasteiger partial charge in [0.05, 0.1) is 0 Å². The minimum atomic E-state index is -9.05. The fourth-order valence-electron chi connectivity index (χ4n) is 4.94. The number of carbonyl (C=O) groups excluding carboxylic acids is 2. The molecule has 2 aliphatic heterocycles. The molecule has 1 unspecified atom stereocenters. The van der Waals surface area contributed by atoms with Gasteiger partial charge in [-0.15, -0.1) is 0 Å². The molecule has 2 fully saturated rings. The third-order valence-corrected chi connectivity index (χ3v) is 7.96. The number of hydrogen-bond acceptors (Lipinski definition) is 3. The van der Waals surface area contributed by atoms with Gasteiger partial charge in [-0.25, -0.2) is 0 Å². The van der Waals surface area contributed by atoms with E-state index in [0.717, 1.165) is 13.0 Å². The number of piperidine rings is 1. The maximum absolute atomic E-state index is 14.4. The lowest BCUT2D eigenvalue weighted by molar-refractivity contribution is -0.467. The SMILES string of the molecule is CCN1CCCC1CNC(=O)C1CCN(C(=O)C(F)(F)C(F)(F)C(F)(F)C(F)(F)C(F)(F)C(F)(F)C(F)(F)C(F)(F)C(F)(F)F)CC1. The largest absolute Gasteiger partial charge is 0.460 e. The number of carbonyl (C=O) groups is 2. The van der Waals surface area contributed by atoms with Crippen LogP contribution in [-0.4, -0.2) is 114 Å². The van der Waals surface area contributed by atoms with Crippen LogP contribution in [0.5, 0.6) is 0 Å². The Morgan fingerprint density at radius 1 is 0.596 bits per heavy atom. The second-order valence-corrected chi connectivity index (χ2v) is 10.8. The van der Waals surface area contributed by atoms with E-state index in [-0.39, 0.29) is 12.6 Å². The quantitative estimate of drug-likeness (QED) is 0.234. The van der Waals surface area contributed by atoms with Crippen LogP contribution >= 0.6 is 0 Å².